The molecule has 0 radical (unpaired) electrons. The number of amides is 1. The largest absolute Gasteiger partial charge is 0.322 e. The van der Waals surface area contributed by atoms with Gasteiger partial charge >= 0.3 is 0 Å². The van der Waals surface area contributed by atoms with Crippen LogP contribution in [0.4, 0.5) is 5.69 Å². The number of pyridine rings is 1. The van der Waals surface area contributed by atoms with Crippen LogP contribution in [0, 0.1) is 6.92 Å². The summed E-state index contributed by atoms with van der Waals surface area (Å²) in [5, 5.41) is 7.84. The number of carbonyl (C=O) groups excluding carboxylic acids is 1. The molecule has 0 saturated carbocycles. The van der Waals surface area contributed by atoms with Gasteiger partial charge in [0, 0.05) is 24.3 Å². The highest BCUT2D eigenvalue weighted by Gasteiger charge is 2.14. The van der Waals surface area contributed by atoms with Crippen molar-refractivity contribution in [2.75, 3.05) is 11.1 Å². The molecule has 0 unspecified atom stereocenters. The van der Waals surface area contributed by atoms with Crippen LogP contribution in [0.2, 0.25) is 0 Å². The van der Waals surface area contributed by atoms with Crippen LogP contribution in [0.5, 0.6) is 0 Å². The molecule has 0 aliphatic heterocycles. The molecule has 0 saturated heterocycles. The van der Waals surface area contributed by atoms with E-state index in [4.69, 9.17) is 0 Å². The highest BCUT2D eigenvalue weighted by atomic mass is 32.2. The first kappa shape index (κ1) is 17.1. The molecule has 3 rings (SSSR count). The molecule has 1 amide bonds. The maximum atomic E-state index is 12.4. The maximum absolute atomic E-state index is 12.4. The molecule has 2 heterocycles. The van der Waals surface area contributed by atoms with Gasteiger partial charge < -0.3 is 5.32 Å². The summed E-state index contributed by atoms with van der Waals surface area (Å²) in [5.41, 5.74) is 2.44. The Hall–Kier alpha value is -2.74. The lowest BCUT2D eigenvalue weighted by Gasteiger charge is -2.07. The molecule has 130 valence electrons. The number of hydrogen-bond acceptors (Lipinski definition) is 5. The van der Waals surface area contributed by atoms with E-state index >= 15 is 0 Å². The molecular formula is C17H18N4O3S. The van der Waals surface area contributed by atoms with Gasteiger partial charge in [0.2, 0.25) is 0 Å². The Kier molecular flexibility index (Phi) is 4.30. The van der Waals surface area contributed by atoms with Gasteiger partial charge in [-0.05, 0) is 37.3 Å². The molecule has 25 heavy (non-hydrogen) atoms. The van der Waals surface area contributed by atoms with Crippen molar-refractivity contribution in [1.82, 2.24) is 14.8 Å². The number of aromatic nitrogens is 3. The first-order chi connectivity index (χ1) is 11.8. The summed E-state index contributed by atoms with van der Waals surface area (Å²) in [4.78, 5) is 16.9. The van der Waals surface area contributed by atoms with Crippen LogP contribution in [0.3, 0.4) is 0 Å². The number of aryl methyl sites for hydroxylation is 2. The Morgan fingerprint density at radius 1 is 1.24 bits per heavy atom. The molecule has 7 nitrogen and oxygen atoms in total. The van der Waals surface area contributed by atoms with Crippen molar-refractivity contribution >= 4 is 32.5 Å². The standard InChI is InChI=1S/C17H18N4O3S/c1-4-25(23,24)14-7-5-13(6-8-14)19-17(22)12-9-15-11(2)20-21(3)16(15)18-10-12/h5-10H,4H2,1-3H3,(H,19,22). The van der Waals surface area contributed by atoms with Crippen LogP contribution in [0.25, 0.3) is 11.0 Å². The van der Waals surface area contributed by atoms with Crippen molar-refractivity contribution in [3.63, 3.8) is 0 Å². The third-order valence-electron chi connectivity index (χ3n) is 3.98. The molecule has 0 aliphatic rings. The van der Waals surface area contributed by atoms with E-state index in [9.17, 15) is 13.2 Å². The maximum Gasteiger partial charge on any atom is 0.257 e. The van der Waals surface area contributed by atoms with Gasteiger partial charge in [-0.15, -0.1) is 0 Å². The number of nitrogens with one attached hydrogen (secondary N) is 1. The normalized spacial score (nSPS) is 11.6. The zero-order chi connectivity index (χ0) is 18.2. The van der Waals surface area contributed by atoms with E-state index < -0.39 is 9.84 Å². The van der Waals surface area contributed by atoms with Crippen LogP contribution >= 0.6 is 0 Å². The van der Waals surface area contributed by atoms with Crippen LogP contribution in [0.1, 0.15) is 23.0 Å². The summed E-state index contributed by atoms with van der Waals surface area (Å²) in [6.07, 6.45) is 1.49. The smallest absolute Gasteiger partial charge is 0.257 e. The second-order valence-electron chi connectivity index (χ2n) is 5.69. The van der Waals surface area contributed by atoms with Crippen molar-refractivity contribution in [2.24, 2.45) is 7.05 Å². The zero-order valence-electron chi connectivity index (χ0n) is 14.1. The predicted molar refractivity (Wildman–Crippen MR) is 95.4 cm³/mol. The Morgan fingerprint density at radius 3 is 2.56 bits per heavy atom. The van der Waals surface area contributed by atoms with Crippen LogP contribution in [0.15, 0.2) is 41.4 Å². The summed E-state index contributed by atoms with van der Waals surface area (Å²) in [6.45, 7) is 3.45. The first-order valence-corrected chi connectivity index (χ1v) is 9.40. The number of fused-ring (bicyclic) bond motifs is 1. The highest BCUT2D eigenvalue weighted by Crippen LogP contribution is 2.19. The van der Waals surface area contributed by atoms with Crippen molar-refractivity contribution in [3.05, 3.63) is 47.8 Å². The summed E-state index contributed by atoms with van der Waals surface area (Å²) < 4.78 is 25.3. The number of rotatable bonds is 4. The predicted octanol–water partition coefficient (Wildman–Crippen LogP) is 2.32. The molecule has 0 fully saturated rings. The molecule has 8 heteroatoms. The van der Waals surface area contributed by atoms with E-state index in [0.29, 0.717) is 16.9 Å². The lowest BCUT2D eigenvalue weighted by atomic mass is 10.2. The Bertz CT molecular complexity index is 1050. The fraction of sp³-hybridized carbons (Fsp3) is 0.235. The van der Waals surface area contributed by atoms with Gasteiger partial charge in [-0.3, -0.25) is 9.48 Å². The molecule has 3 aromatic rings. The van der Waals surface area contributed by atoms with E-state index in [1.165, 1.54) is 18.3 Å². The van der Waals surface area contributed by atoms with Crippen LogP contribution in [-0.2, 0) is 16.9 Å². The van der Waals surface area contributed by atoms with E-state index in [1.807, 2.05) is 6.92 Å². The van der Waals surface area contributed by atoms with E-state index in [-0.39, 0.29) is 16.6 Å². The number of anilines is 1. The molecule has 2 aromatic heterocycles. The molecular weight excluding hydrogens is 340 g/mol. The van der Waals surface area contributed by atoms with Crippen LogP contribution in [-0.4, -0.2) is 34.8 Å². The van der Waals surface area contributed by atoms with Gasteiger partial charge in [0.05, 0.1) is 21.9 Å². The van der Waals surface area contributed by atoms with E-state index in [0.717, 1.165) is 11.1 Å². The highest BCUT2D eigenvalue weighted by molar-refractivity contribution is 7.91. The summed E-state index contributed by atoms with van der Waals surface area (Å²) in [6, 6.07) is 7.86. The minimum absolute atomic E-state index is 0.0366. The van der Waals surface area contributed by atoms with Gasteiger partial charge in [0.15, 0.2) is 15.5 Å². The minimum atomic E-state index is -3.25. The minimum Gasteiger partial charge on any atom is -0.322 e. The van der Waals surface area contributed by atoms with Gasteiger partial charge in [0.1, 0.15) is 0 Å². The Labute approximate surface area is 145 Å². The SMILES string of the molecule is CCS(=O)(=O)c1ccc(NC(=O)c2cnc3c(c2)c(C)nn3C)cc1. The molecule has 1 N–H and O–H groups in total. The second-order valence-corrected chi connectivity index (χ2v) is 7.96. The summed E-state index contributed by atoms with van der Waals surface area (Å²) >= 11 is 0. The quantitative estimate of drug-likeness (QED) is 0.772. The molecule has 0 atom stereocenters. The summed E-state index contributed by atoms with van der Waals surface area (Å²) in [7, 11) is -1.45. The molecule has 0 aliphatic carbocycles. The number of carbonyl (C=O) groups is 1. The first-order valence-electron chi connectivity index (χ1n) is 7.75. The number of benzene rings is 1. The van der Waals surface area contributed by atoms with Gasteiger partial charge in [-0.1, -0.05) is 6.92 Å². The van der Waals surface area contributed by atoms with Crippen molar-refractivity contribution in [1.29, 1.82) is 0 Å². The molecule has 0 bridgehead atoms. The fourth-order valence-electron chi connectivity index (χ4n) is 2.55. The lowest BCUT2D eigenvalue weighted by molar-refractivity contribution is 0.102. The zero-order valence-corrected chi connectivity index (χ0v) is 15.0. The van der Waals surface area contributed by atoms with E-state index in [2.05, 4.69) is 15.4 Å². The third-order valence-corrected chi connectivity index (χ3v) is 5.73. The Morgan fingerprint density at radius 2 is 1.92 bits per heavy atom. The monoisotopic (exact) mass is 358 g/mol. The topological polar surface area (TPSA) is 93.9 Å². The number of sulfone groups is 1. The second kappa shape index (κ2) is 6.29. The Balaban J connectivity index is 1.84. The lowest BCUT2D eigenvalue weighted by Crippen LogP contribution is -2.12. The van der Waals surface area contributed by atoms with Crippen molar-refractivity contribution in [3.8, 4) is 0 Å². The molecule has 1 aromatic carbocycles. The average Bonchev–Trinajstić information content (AvgIpc) is 2.89. The van der Waals surface area contributed by atoms with Gasteiger partial charge in [0.25, 0.3) is 5.91 Å². The van der Waals surface area contributed by atoms with E-state index in [1.54, 1.807) is 36.9 Å². The number of nitrogens with zero attached hydrogens (tertiary/aromatic N) is 3. The molecule has 0 spiro atoms. The van der Waals surface area contributed by atoms with Crippen molar-refractivity contribution < 1.29 is 13.2 Å². The fourth-order valence-corrected chi connectivity index (χ4v) is 3.43. The van der Waals surface area contributed by atoms with Crippen LogP contribution < -0.4 is 5.32 Å². The third kappa shape index (κ3) is 3.25. The van der Waals surface area contributed by atoms with Crippen molar-refractivity contribution in [2.45, 2.75) is 18.7 Å². The van der Waals surface area contributed by atoms with Gasteiger partial charge in [-0.25, -0.2) is 13.4 Å². The van der Waals surface area contributed by atoms with Gasteiger partial charge in [-0.2, -0.15) is 5.10 Å². The summed E-state index contributed by atoms with van der Waals surface area (Å²) in [5.74, 6) is -0.279. The average molecular weight is 358 g/mol. The number of hydrogen-bond donors (Lipinski definition) is 1.